The molecule has 0 saturated heterocycles. The summed E-state index contributed by atoms with van der Waals surface area (Å²) in [5.74, 6) is 0.0838. The van der Waals surface area contributed by atoms with E-state index in [4.69, 9.17) is 10.5 Å². The minimum absolute atomic E-state index is 0.00907. The van der Waals surface area contributed by atoms with Crippen molar-refractivity contribution in [3.8, 4) is 5.75 Å². The Morgan fingerprint density at radius 3 is 2.76 bits per heavy atom. The first kappa shape index (κ1) is 14.0. The summed E-state index contributed by atoms with van der Waals surface area (Å²) in [6.07, 6.45) is 3.84. The Kier molecular flexibility index (Phi) is 5.98. The van der Waals surface area contributed by atoms with Crippen LogP contribution in [0.4, 0.5) is 4.39 Å². The van der Waals surface area contributed by atoms with E-state index >= 15 is 0 Å². The van der Waals surface area contributed by atoms with Gasteiger partial charge in [-0.2, -0.15) is 0 Å². The van der Waals surface area contributed by atoms with Crippen LogP contribution >= 0.6 is 0 Å². The predicted molar refractivity (Wildman–Crippen MR) is 68.8 cm³/mol. The van der Waals surface area contributed by atoms with Gasteiger partial charge in [0.15, 0.2) is 11.6 Å². The van der Waals surface area contributed by atoms with Crippen molar-refractivity contribution in [2.75, 3.05) is 6.61 Å². The maximum atomic E-state index is 13.6. The maximum absolute atomic E-state index is 13.6. The highest BCUT2D eigenvalue weighted by Crippen LogP contribution is 2.24. The van der Waals surface area contributed by atoms with E-state index in [0.29, 0.717) is 18.8 Å². The molecular weight excluding hydrogens is 217 g/mol. The number of benzene rings is 1. The largest absolute Gasteiger partial charge is 0.490 e. The average Bonchev–Trinajstić information content (AvgIpc) is 2.26. The van der Waals surface area contributed by atoms with Crippen LogP contribution in [0.5, 0.6) is 5.75 Å². The van der Waals surface area contributed by atoms with Gasteiger partial charge in [0.05, 0.1) is 6.61 Å². The van der Waals surface area contributed by atoms with Crippen LogP contribution in [0.25, 0.3) is 0 Å². The second-order valence-corrected chi connectivity index (χ2v) is 4.47. The van der Waals surface area contributed by atoms with Gasteiger partial charge in [0.1, 0.15) is 0 Å². The summed E-state index contributed by atoms with van der Waals surface area (Å²) in [7, 11) is 0. The predicted octanol–water partition coefficient (Wildman–Crippen LogP) is 3.28. The zero-order chi connectivity index (χ0) is 12.7. The smallest absolute Gasteiger partial charge is 0.165 e. The highest BCUT2D eigenvalue weighted by molar-refractivity contribution is 5.35. The van der Waals surface area contributed by atoms with E-state index in [1.165, 1.54) is 6.07 Å². The molecule has 0 fully saturated rings. The Labute approximate surface area is 103 Å². The molecule has 3 heteroatoms. The third kappa shape index (κ3) is 4.73. The summed E-state index contributed by atoms with van der Waals surface area (Å²) in [5.41, 5.74) is 6.60. The van der Waals surface area contributed by atoms with Crippen molar-refractivity contribution in [2.24, 2.45) is 5.73 Å². The van der Waals surface area contributed by atoms with Gasteiger partial charge in [-0.05, 0) is 31.4 Å². The average molecular weight is 239 g/mol. The lowest BCUT2D eigenvalue weighted by Gasteiger charge is -2.13. The van der Waals surface area contributed by atoms with E-state index in [-0.39, 0.29) is 11.9 Å². The molecule has 0 spiro atoms. The molecule has 0 radical (unpaired) electrons. The Morgan fingerprint density at radius 1 is 1.35 bits per heavy atom. The van der Waals surface area contributed by atoms with Gasteiger partial charge in [-0.3, -0.25) is 0 Å². The molecule has 2 N–H and O–H groups in total. The first-order valence-corrected chi connectivity index (χ1v) is 6.31. The summed E-state index contributed by atoms with van der Waals surface area (Å²) in [6.45, 7) is 4.61. The number of rotatable bonds is 7. The quantitative estimate of drug-likeness (QED) is 0.741. The Morgan fingerprint density at radius 2 is 2.12 bits per heavy atom. The van der Waals surface area contributed by atoms with Gasteiger partial charge in [-0.15, -0.1) is 0 Å². The van der Waals surface area contributed by atoms with Crippen molar-refractivity contribution in [2.45, 2.75) is 45.6 Å². The molecule has 0 aliphatic carbocycles. The summed E-state index contributed by atoms with van der Waals surface area (Å²) < 4.78 is 19.2. The molecule has 1 aromatic carbocycles. The second-order valence-electron chi connectivity index (χ2n) is 4.47. The minimum atomic E-state index is -0.292. The van der Waals surface area contributed by atoms with Crippen molar-refractivity contribution in [3.63, 3.8) is 0 Å². The van der Waals surface area contributed by atoms with Crippen molar-refractivity contribution in [1.29, 1.82) is 0 Å². The second kappa shape index (κ2) is 7.28. The zero-order valence-electron chi connectivity index (χ0n) is 10.7. The lowest BCUT2D eigenvalue weighted by molar-refractivity contribution is 0.288. The highest BCUT2D eigenvalue weighted by atomic mass is 19.1. The molecule has 96 valence electrons. The van der Waals surface area contributed by atoms with Crippen LogP contribution in [0.2, 0.25) is 0 Å². The maximum Gasteiger partial charge on any atom is 0.165 e. The third-order valence-corrected chi connectivity index (χ3v) is 2.58. The first-order chi connectivity index (χ1) is 8.15. The SMILES string of the molecule is CCCCCOc1c(F)cccc1CC(C)N. The number of nitrogens with two attached hydrogens (primary N) is 1. The number of halogens is 1. The van der Waals surface area contributed by atoms with Gasteiger partial charge in [-0.1, -0.05) is 31.9 Å². The molecule has 0 aliphatic rings. The van der Waals surface area contributed by atoms with Crippen LogP contribution in [-0.4, -0.2) is 12.6 Å². The molecule has 1 unspecified atom stereocenters. The van der Waals surface area contributed by atoms with Crippen LogP contribution in [0.1, 0.15) is 38.7 Å². The Balaban J connectivity index is 2.66. The fourth-order valence-electron chi connectivity index (χ4n) is 1.75. The highest BCUT2D eigenvalue weighted by Gasteiger charge is 2.10. The lowest BCUT2D eigenvalue weighted by atomic mass is 10.1. The van der Waals surface area contributed by atoms with Crippen molar-refractivity contribution in [3.05, 3.63) is 29.6 Å². The molecule has 0 heterocycles. The van der Waals surface area contributed by atoms with E-state index in [0.717, 1.165) is 24.8 Å². The van der Waals surface area contributed by atoms with E-state index in [1.54, 1.807) is 6.07 Å². The third-order valence-electron chi connectivity index (χ3n) is 2.58. The molecule has 2 nitrogen and oxygen atoms in total. The number of para-hydroxylation sites is 1. The number of hydrogen-bond acceptors (Lipinski definition) is 2. The molecule has 0 amide bonds. The van der Waals surface area contributed by atoms with E-state index in [1.807, 2.05) is 13.0 Å². The Hall–Kier alpha value is -1.09. The van der Waals surface area contributed by atoms with E-state index < -0.39 is 0 Å². The van der Waals surface area contributed by atoms with E-state index in [9.17, 15) is 4.39 Å². The normalized spacial score (nSPS) is 12.5. The molecule has 0 saturated carbocycles. The van der Waals surface area contributed by atoms with Gasteiger partial charge in [0, 0.05) is 6.04 Å². The van der Waals surface area contributed by atoms with Crippen LogP contribution in [-0.2, 0) is 6.42 Å². The summed E-state index contributed by atoms with van der Waals surface area (Å²) in [4.78, 5) is 0. The van der Waals surface area contributed by atoms with Crippen molar-refractivity contribution >= 4 is 0 Å². The van der Waals surface area contributed by atoms with Crippen LogP contribution in [0.15, 0.2) is 18.2 Å². The zero-order valence-corrected chi connectivity index (χ0v) is 10.7. The van der Waals surface area contributed by atoms with Gasteiger partial charge in [0.25, 0.3) is 0 Å². The van der Waals surface area contributed by atoms with Gasteiger partial charge in [-0.25, -0.2) is 4.39 Å². The standard InChI is InChI=1S/C14H22FNO/c1-3-4-5-9-17-14-12(10-11(2)16)7-6-8-13(14)15/h6-8,11H,3-5,9-10,16H2,1-2H3. The monoisotopic (exact) mass is 239 g/mol. The lowest BCUT2D eigenvalue weighted by Crippen LogP contribution is -2.18. The fourth-order valence-corrected chi connectivity index (χ4v) is 1.75. The van der Waals surface area contributed by atoms with Gasteiger partial charge >= 0.3 is 0 Å². The van der Waals surface area contributed by atoms with Crippen LogP contribution in [0, 0.1) is 5.82 Å². The number of unbranched alkanes of at least 4 members (excludes halogenated alkanes) is 2. The molecule has 1 rings (SSSR count). The molecule has 17 heavy (non-hydrogen) atoms. The number of ether oxygens (including phenoxy) is 1. The molecule has 1 atom stereocenters. The summed E-state index contributed by atoms with van der Waals surface area (Å²) >= 11 is 0. The minimum Gasteiger partial charge on any atom is -0.490 e. The van der Waals surface area contributed by atoms with Crippen molar-refractivity contribution < 1.29 is 9.13 Å². The van der Waals surface area contributed by atoms with E-state index in [2.05, 4.69) is 6.92 Å². The van der Waals surface area contributed by atoms with Crippen LogP contribution < -0.4 is 10.5 Å². The molecule has 0 aromatic heterocycles. The summed E-state index contributed by atoms with van der Waals surface area (Å²) in [5, 5.41) is 0. The Bertz CT molecular complexity index is 339. The molecule has 0 aliphatic heterocycles. The van der Waals surface area contributed by atoms with Gasteiger partial charge in [0.2, 0.25) is 0 Å². The fraction of sp³-hybridized carbons (Fsp3) is 0.571. The van der Waals surface area contributed by atoms with Crippen LogP contribution in [0.3, 0.4) is 0 Å². The number of hydrogen-bond donors (Lipinski definition) is 1. The summed E-state index contributed by atoms with van der Waals surface area (Å²) in [6, 6.07) is 5.02. The molecular formula is C14H22FNO. The molecule has 0 bridgehead atoms. The van der Waals surface area contributed by atoms with Crippen molar-refractivity contribution in [1.82, 2.24) is 0 Å². The topological polar surface area (TPSA) is 35.2 Å². The first-order valence-electron chi connectivity index (χ1n) is 6.31. The van der Waals surface area contributed by atoms with Gasteiger partial charge < -0.3 is 10.5 Å². The molecule has 1 aromatic rings.